The number of methoxy groups -OCH3 is 2. The number of hydrazone groups is 1. The first-order valence-corrected chi connectivity index (χ1v) is 11.2. The van der Waals surface area contributed by atoms with Crippen LogP contribution in [-0.4, -0.2) is 56.5 Å². The molecule has 0 spiro atoms. The third-order valence-electron chi connectivity index (χ3n) is 6.10. The minimum absolute atomic E-state index is 0.0799. The van der Waals surface area contributed by atoms with Crippen LogP contribution in [0.3, 0.4) is 0 Å². The molecule has 0 radical (unpaired) electrons. The Morgan fingerprint density at radius 2 is 1.76 bits per heavy atom. The van der Waals surface area contributed by atoms with Crippen molar-refractivity contribution in [3.8, 4) is 11.5 Å². The molecule has 1 heterocycles. The number of carbonyl (C=O) groups is 2. The van der Waals surface area contributed by atoms with Crippen molar-refractivity contribution in [3.05, 3.63) is 58.7 Å². The first kappa shape index (κ1) is 22.6. The lowest BCUT2D eigenvalue weighted by Gasteiger charge is -2.22. The van der Waals surface area contributed by atoms with Crippen LogP contribution in [-0.2, 0) is 6.42 Å². The number of fused-ring (bicyclic) bond motifs is 1. The maximum absolute atomic E-state index is 12.6. The molecule has 33 heavy (non-hydrogen) atoms. The number of hydrogen-bond acceptors (Lipinski definition) is 5. The topological polar surface area (TPSA) is 92.3 Å². The summed E-state index contributed by atoms with van der Waals surface area (Å²) in [6, 6.07) is 10.7. The smallest absolute Gasteiger partial charge is 0.337 e. The second-order valence-electron chi connectivity index (χ2n) is 8.50. The van der Waals surface area contributed by atoms with E-state index in [4.69, 9.17) is 14.6 Å². The average molecular weight is 451 g/mol. The number of nitrogens with one attached hydrogen (secondary N) is 2. The lowest BCUT2D eigenvalue weighted by molar-refractivity contribution is 0.0951. The highest BCUT2D eigenvalue weighted by atomic mass is 16.5. The van der Waals surface area contributed by atoms with Crippen molar-refractivity contribution in [1.29, 1.82) is 0 Å². The van der Waals surface area contributed by atoms with Crippen molar-refractivity contribution in [1.82, 2.24) is 15.6 Å². The molecule has 2 aromatic rings. The Morgan fingerprint density at radius 1 is 1.09 bits per heavy atom. The average Bonchev–Trinajstić information content (AvgIpc) is 3.68. The molecule has 1 fully saturated rings. The van der Waals surface area contributed by atoms with Gasteiger partial charge >= 0.3 is 6.03 Å². The molecule has 2 aromatic carbocycles. The van der Waals surface area contributed by atoms with E-state index in [0.29, 0.717) is 35.1 Å². The molecule has 3 amide bonds. The maximum Gasteiger partial charge on any atom is 0.337 e. The Kier molecular flexibility index (Phi) is 6.53. The van der Waals surface area contributed by atoms with Crippen molar-refractivity contribution in [2.24, 2.45) is 11.0 Å². The molecule has 1 saturated carbocycles. The van der Waals surface area contributed by atoms with Crippen LogP contribution >= 0.6 is 0 Å². The molecule has 4 rings (SSSR count). The first-order chi connectivity index (χ1) is 15.9. The number of hydrogen-bond donors (Lipinski definition) is 2. The Balaban J connectivity index is 1.74. The van der Waals surface area contributed by atoms with Crippen molar-refractivity contribution < 1.29 is 19.1 Å². The van der Waals surface area contributed by atoms with Crippen molar-refractivity contribution >= 4 is 17.6 Å². The first-order valence-electron chi connectivity index (χ1n) is 11.2. The summed E-state index contributed by atoms with van der Waals surface area (Å²) in [5, 5.41) is 11.9. The summed E-state index contributed by atoms with van der Waals surface area (Å²) in [5.41, 5.74) is 3.88. The Morgan fingerprint density at radius 3 is 2.36 bits per heavy atom. The molecule has 1 aliphatic heterocycles. The highest BCUT2D eigenvalue weighted by Gasteiger charge is 2.28. The second kappa shape index (κ2) is 9.52. The van der Waals surface area contributed by atoms with Crippen LogP contribution in [0.15, 0.2) is 41.5 Å². The van der Waals surface area contributed by atoms with Crippen LogP contribution in [0.5, 0.6) is 11.5 Å². The van der Waals surface area contributed by atoms with Crippen LogP contribution in [0.25, 0.3) is 0 Å². The van der Waals surface area contributed by atoms with Gasteiger partial charge in [0.05, 0.1) is 26.0 Å². The quantitative estimate of drug-likeness (QED) is 0.707. The second-order valence-corrected chi connectivity index (χ2v) is 8.50. The number of rotatable bonds is 6. The Hall–Kier alpha value is -3.55. The van der Waals surface area contributed by atoms with E-state index in [2.05, 4.69) is 10.6 Å². The van der Waals surface area contributed by atoms with Gasteiger partial charge in [0.1, 0.15) is 0 Å². The van der Waals surface area contributed by atoms with Gasteiger partial charge < -0.3 is 20.1 Å². The number of amides is 3. The lowest BCUT2D eigenvalue weighted by atomic mass is 9.93. The van der Waals surface area contributed by atoms with Gasteiger partial charge in [-0.2, -0.15) is 5.10 Å². The Bertz CT molecular complexity index is 1080. The molecule has 174 valence electrons. The molecule has 2 N–H and O–H groups in total. The SMILES string of the molecule is CNC(=O)N1N=C(c2ccc(C(=O)NCC3CC3)cc2)c2cc(OC)c(OC)cc2CC1C. The molecule has 1 unspecified atom stereocenters. The fraction of sp³-hybridized carbons (Fsp3) is 0.400. The largest absolute Gasteiger partial charge is 0.493 e. The van der Waals surface area contributed by atoms with Gasteiger partial charge in [0, 0.05) is 30.3 Å². The summed E-state index contributed by atoms with van der Waals surface area (Å²) in [6.07, 6.45) is 2.97. The van der Waals surface area contributed by atoms with Gasteiger partial charge in [0.2, 0.25) is 0 Å². The van der Waals surface area contributed by atoms with Gasteiger partial charge in [-0.15, -0.1) is 0 Å². The zero-order valence-corrected chi connectivity index (χ0v) is 19.5. The molecule has 8 nitrogen and oxygen atoms in total. The van der Waals surface area contributed by atoms with Gasteiger partial charge in [-0.05, 0) is 61.9 Å². The summed E-state index contributed by atoms with van der Waals surface area (Å²) >= 11 is 0. The van der Waals surface area contributed by atoms with Gasteiger partial charge in [0.25, 0.3) is 5.91 Å². The molecule has 1 atom stereocenters. The van der Waals surface area contributed by atoms with Gasteiger partial charge in [-0.25, -0.2) is 9.80 Å². The van der Waals surface area contributed by atoms with Gasteiger partial charge in [-0.1, -0.05) is 12.1 Å². The standard InChI is InChI=1S/C25H30N4O4/c1-15-11-19-12-21(32-3)22(33-4)13-20(19)23(28-29(15)25(31)26-2)17-7-9-18(10-8-17)24(30)27-14-16-5-6-16/h7-10,12-13,15-16H,5-6,11,14H2,1-4H3,(H,26,31)(H,27,30). The molecule has 8 heteroatoms. The van der Waals surface area contributed by atoms with Crippen LogP contribution in [0.4, 0.5) is 4.79 Å². The van der Waals surface area contributed by atoms with Crippen LogP contribution in [0, 0.1) is 5.92 Å². The fourth-order valence-corrected chi connectivity index (χ4v) is 3.99. The summed E-state index contributed by atoms with van der Waals surface area (Å²) < 4.78 is 11.0. The molecule has 0 bridgehead atoms. The summed E-state index contributed by atoms with van der Waals surface area (Å²) in [4.78, 5) is 25.0. The zero-order chi connectivity index (χ0) is 23.5. The summed E-state index contributed by atoms with van der Waals surface area (Å²) in [5.74, 6) is 1.75. The minimum atomic E-state index is -0.289. The normalized spacial score (nSPS) is 17.4. The van der Waals surface area contributed by atoms with Crippen LogP contribution in [0.2, 0.25) is 0 Å². The molecule has 1 aliphatic carbocycles. The third-order valence-corrected chi connectivity index (χ3v) is 6.10. The third kappa shape index (κ3) is 4.79. The maximum atomic E-state index is 12.6. The molecular formula is C25H30N4O4. The monoisotopic (exact) mass is 450 g/mol. The number of ether oxygens (including phenoxy) is 2. The van der Waals surface area contributed by atoms with E-state index >= 15 is 0 Å². The van der Waals surface area contributed by atoms with Crippen molar-refractivity contribution in [2.45, 2.75) is 32.2 Å². The molecule has 2 aliphatic rings. The van der Waals surface area contributed by atoms with E-state index in [9.17, 15) is 9.59 Å². The minimum Gasteiger partial charge on any atom is -0.493 e. The van der Waals surface area contributed by atoms with Crippen molar-refractivity contribution in [2.75, 3.05) is 27.8 Å². The van der Waals surface area contributed by atoms with E-state index in [-0.39, 0.29) is 18.0 Å². The van der Waals surface area contributed by atoms with E-state index in [1.165, 1.54) is 17.9 Å². The van der Waals surface area contributed by atoms with Gasteiger partial charge in [0.15, 0.2) is 11.5 Å². The highest BCUT2D eigenvalue weighted by Crippen LogP contribution is 2.34. The summed E-state index contributed by atoms with van der Waals surface area (Å²) in [7, 11) is 4.78. The zero-order valence-electron chi connectivity index (χ0n) is 19.5. The predicted molar refractivity (Wildman–Crippen MR) is 126 cm³/mol. The van der Waals surface area contributed by atoms with Gasteiger partial charge in [-0.3, -0.25) is 4.79 Å². The lowest BCUT2D eigenvalue weighted by Crippen LogP contribution is -2.41. The molecular weight excluding hydrogens is 420 g/mol. The van der Waals surface area contributed by atoms with Crippen LogP contribution in [0.1, 0.15) is 46.8 Å². The van der Waals surface area contributed by atoms with E-state index in [1.54, 1.807) is 33.4 Å². The van der Waals surface area contributed by atoms with E-state index < -0.39 is 0 Å². The van der Waals surface area contributed by atoms with E-state index in [0.717, 1.165) is 23.2 Å². The predicted octanol–water partition coefficient (Wildman–Crippen LogP) is 3.18. The molecule has 0 aromatic heterocycles. The van der Waals surface area contributed by atoms with E-state index in [1.807, 2.05) is 31.2 Å². The number of nitrogens with zero attached hydrogens (tertiary/aromatic N) is 2. The summed E-state index contributed by atoms with van der Waals surface area (Å²) in [6.45, 7) is 2.68. The highest BCUT2D eigenvalue weighted by molar-refractivity contribution is 6.15. The molecule has 0 saturated heterocycles. The van der Waals surface area contributed by atoms with Crippen molar-refractivity contribution in [3.63, 3.8) is 0 Å². The number of benzene rings is 2. The van der Waals surface area contributed by atoms with Crippen LogP contribution < -0.4 is 20.1 Å². The number of carbonyl (C=O) groups excluding carboxylic acids is 2. The fourth-order valence-electron chi connectivity index (χ4n) is 3.99. The number of urea groups is 1. The Labute approximate surface area is 193 Å².